The summed E-state index contributed by atoms with van der Waals surface area (Å²) in [4.78, 5) is 30.5. The molecule has 6 nitrogen and oxygen atoms in total. The number of amides is 1. The Morgan fingerprint density at radius 1 is 1.37 bits per heavy atom. The van der Waals surface area contributed by atoms with Crippen molar-refractivity contribution in [3.05, 3.63) is 28.0 Å². The van der Waals surface area contributed by atoms with Gasteiger partial charge in [-0.2, -0.15) is 0 Å². The maximum atomic E-state index is 12.5. The van der Waals surface area contributed by atoms with E-state index in [1.807, 2.05) is 0 Å². The maximum Gasteiger partial charge on any atom is 0.265 e. The molecular formula is C13H15N3O3. The van der Waals surface area contributed by atoms with Gasteiger partial charge >= 0.3 is 0 Å². The summed E-state index contributed by atoms with van der Waals surface area (Å²) >= 11 is 0. The minimum absolute atomic E-state index is 0.126. The van der Waals surface area contributed by atoms with E-state index in [1.54, 1.807) is 18.9 Å². The molecule has 3 rings (SSSR count). The smallest absolute Gasteiger partial charge is 0.265 e. The summed E-state index contributed by atoms with van der Waals surface area (Å²) in [5.74, 6) is 0.335. The van der Waals surface area contributed by atoms with Gasteiger partial charge < -0.3 is 13.9 Å². The van der Waals surface area contributed by atoms with Gasteiger partial charge in [0.15, 0.2) is 0 Å². The molecule has 0 atom stereocenters. The minimum atomic E-state index is -0.246. The number of carbonyl (C=O) groups excluding carboxylic acids is 1. The number of nitrogens with zero attached hydrogens (tertiary/aromatic N) is 3. The Bertz CT molecular complexity index is 708. The highest BCUT2D eigenvalue weighted by atomic mass is 16.3. The summed E-state index contributed by atoms with van der Waals surface area (Å²) < 4.78 is 6.80. The lowest BCUT2D eigenvalue weighted by Gasteiger charge is -2.14. The van der Waals surface area contributed by atoms with Gasteiger partial charge in [-0.3, -0.25) is 9.59 Å². The zero-order valence-electron chi connectivity index (χ0n) is 11.0. The highest BCUT2D eigenvalue weighted by Crippen LogP contribution is 2.23. The van der Waals surface area contributed by atoms with E-state index >= 15 is 0 Å². The van der Waals surface area contributed by atoms with Crippen LogP contribution in [0.1, 0.15) is 29.0 Å². The van der Waals surface area contributed by atoms with Crippen LogP contribution in [0.25, 0.3) is 11.1 Å². The quantitative estimate of drug-likeness (QED) is 0.770. The van der Waals surface area contributed by atoms with Gasteiger partial charge in [-0.05, 0) is 19.8 Å². The Morgan fingerprint density at radius 3 is 2.74 bits per heavy atom. The number of aryl methyl sites for hydroxylation is 2. The lowest BCUT2D eigenvalue weighted by Crippen LogP contribution is -2.29. The number of furan rings is 1. The second-order valence-corrected chi connectivity index (χ2v) is 4.87. The van der Waals surface area contributed by atoms with E-state index in [0.717, 1.165) is 25.9 Å². The van der Waals surface area contributed by atoms with Crippen molar-refractivity contribution in [2.45, 2.75) is 19.8 Å². The molecule has 19 heavy (non-hydrogen) atoms. The molecule has 2 aromatic rings. The Morgan fingerprint density at radius 2 is 2.05 bits per heavy atom. The van der Waals surface area contributed by atoms with Crippen molar-refractivity contribution in [3.63, 3.8) is 0 Å². The van der Waals surface area contributed by atoms with Crippen molar-refractivity contribution in [1.29, 1.82) is 0 Å². The van der Waals surface area contributed by atoms with Gasteiger partial charge in [0.25, 0.3) is 11.5 Å². The molecule has 1 aliphatic rings. The zero-order valence-corrected chi connectivity index (χ0v) is 11.0. The van der Waals surface area contributed by atoms with E-state index in [9.17, 15) is 9.59 Å². The second kappa shape index (κ2) is 4.22. The van der Waals surface area contributed by atoms with Crippen LogP contribution in [-0.4, -0.2) is 33.4 Å². The second-order valence-electron chi connectivity index (χ2n) is 4.87. The van der Waals surface area contributed by atoms with Crippen LogP contribution in [0.2, 0.25) is 0 Å². The highest BCUT2D eigenvalue weighted by Gasteiger charge is 2.27. The van der Waals surface area contributed by atoms with Crippen LogP contribution < -0.4 is 5.56 Å². The average molecular weight is 261 g/mol. The fraction of sp³-hybridized carbons (Fsp3) is 0.462. The van der Waals surface area contributed by atoms with E-state index in [1.165, 1.54) is 10.9 Å². The van der Waals surface area contributed by atoms with Gasteiger partial charge in [0.05, 0.1) is 5.56 Å². The summed E-state index contributed by atoms with van der Waals surface area (Å²) in [6, 6.07) is 0. The third kappa shape index (κ3) is 1.75. The summed E-state index contributed by atoms with van der Waals surface area (Å²) in [6.07, 6.45) is 3.42. The van der Waals surface area contributed by atoms with Crippen molar-refractivity contribution < 1.29 is 9.21 Å². The summed E-state index contributed by atoms with van der Waals surface area (Å²) in [5, 5.41) is 0.291. The fourth-order valence-corrected chi connectivity index (χ4v) is 2.52. The van der Waals surface area contributed by atoms with Crippen molar-refractivity contribution in [2.24, 2.45) is 7.05 Å². The van der Waals surface area contributed by atoms with Crippen LogP contribution in [0.15, 0.2) is 15.5 Å². The number of fused-ring (bicyclic) bond motifs is 1. The summed E-state index contributed by atoms with van der Waals surface area (Å²) in [7, 11) is 1.61. The Kier molecular flexibility index (Phi) is 2.66. The zero-order chi connectivity index (χ0) is 13.6. The monoisotopic (exact) mass is 261 g/mol. The molecule has 0 spiro atoms. The number of aromatic nitrogens is 2. The number of hydrogen-bond acceptors (Lipinski definition) is 4. The Balaban J connectivity index is 2.22. The van der Waals surface area contributed by atoms with Gasteiger partial charge in [-0.1, -0.05) is 0 Å². The van der Waals surface area contributed by atoms with Crippen LogP contribution >= 0.6 is 0 Å². The lowest BCUT2D eigenvalue weighted by atomic mass is 10.1. The standard InChI is InChI=1S/C13H15N3O3/c1-8-9(13(18)16-5-3-4-6-16)10-11(19-8)14-7-15(2)12(10)17/h7H,3-6H2,1-2H3. The summed E-state index contributed by atoms with van der Waals surface area (Å²) in [5.41, 5.74) is 0.359. The van der Waals surface area contributed by atoms with E-state index in [-0.39, 0.29) is 17.2 Å². The van der Waals surface area contributed by atoms with Crippen LogP contribution in [0, 0.1) is 6.92 Å². The van der Waals surface area contributed by atoms with Crippen molar-refractivity contribution in [1.82, 2.24) is 14.5 Å². The fourth-order valence-electron chi connectivity index (χ4n) is 2.52. The first-order chi connectivity index (χ1) is 9.09. The van der Waals surface area contributed by atoms with E-state index < -0.39 is 0 Å². The van der Waals surface area contributed by atoms with Crippen LogP contribution in [0.4, 0.5) is 0 Å². The van der Waals surface area contributed by atoms with E-state index in [0.29, 0.717) is 16.7 Å². The van der Waals surface area contributed by atoms with Gasteiger partial charge in [0.2, 0.25) is 5.71 Å². The topological polar surface area (TPSA) is 68.3 Å². The predicted molar refractivity (Wildman–Crippen MR) is 69.1 cm³/mol. The third-order valence-electron chi connectivity index (χ3n) is 3.56. The first-order valence-electron chi connectivity index (χ1n) is 6.33. The molecule has 6 heteroatoms. The molecule has 0 unspecified atom stereocenters. The SMILES string of the molecule is Cc1oc2ncn(C)c(=O)c2c1C(=O)N1CCCC1. The van der Waals surface area contributed by atoms with Gasteiger partial charge in [-0.25, -0.2) is 4.98 Å². The van der Waals surface area contributed by atoms with Gasteiger partial charge in [0.1, 0.15) is 17.5 Å². The lowest BCUT2D eigenvalue weighted by molar-refractivity contribution is 0.0792. The van der Waals surface area contributed by atoms with Crippen LogP contribution in [-0.2, 0) is 7.05 Å². The van der Waals surface area contributed by atoms with E-state index in [4.69, 9.17) is 4.42 Å². The molecule has 3 heterocycles. The Hall–Kier alpha value is -2.11. The third-order valence-corrected chi connectivity index (χ3v) is 3.56. The molecule has 0 saturated carbocycles. The molecule has 0 bridgehead atoms. The molecule has 0 N–H and O–H groups in total. The molecule has 1 amide bonds. The number of hydrogen-bond donors (Lipinski definition) is 0. The number of carbonyl (C=O) groups is 1. The molecule has 1 saturated heterocycles. The molecular weight excluding hydrogens is 246 g/mol. The van der Waals surface area contributed by atoms with Crippen molar-refractivity contribution >= 4 is 17.0 Å². The predicted octanol–water partition coefficient (Wildman–Crippen LogP) is 1.07. The normalized spacial score (nSPS) is 15.4. The Labute approximate surface area is 109 Å². The number of likely N-dealkylation sites (tertiary alicyclic amines) is 1. The van der Waals surface area contributed by atoms with Crippen molar-refractivity contribution in [2.75, 3.05) is 13.1 Å². The van der Waals surface area contributed by atoms with Crippen molar-refractivity contribution in [3.8, 4) is 0 Å². The maximum absolute atomic E-state index is 12.5. The molecule has 1 fully saturated rings. The molecule has 1 aliphatic heterocycles. The first-order valence-corrected chi connectivity index (χ1v) is 6.33. The van der Waals surface area contributed by atoms with E-state index in [2.05, 4.69) is 4.98 Å². The first kappa shape index (κ1) is 12.0. The highest BCUT2D eigenvalue weighted by molar-refractivity contribution is 6.06. The number of rotatable bonds is 1. The van der Waals surface area contributed by atoms with Gasteiger partial charge in [0, 0.05) is 20.1 Å². The molecule has 100 valence electrons. The largest absolute Gasteiger partial charge is 0.442 e. The molecule has 2 aromatic heterocycles. The average Bonchev–Trinajstić information content (AvgIpc) is 3.00. The van der Waals surface area contributed by atoms with Gasteiger partial charge in [-0.15, -0.1) is 0 Å². The molecule has 0 aromatic carbocycles. The minimum Gasteiger partial charge on any atom is -0.442 e. The molecule has 0 aliphatic carbocycles. The summed E-state index contributed by atoms with van der Waals surface area (Å²) in [6.45, 7) is 3.18. The van der Waals surface area contributed by atoms with Crippen LogP contribution in [0.5, 0.6) is 0 Å². The van der Waals surface area contributed by atoms with Crippen LogP contribution in [0.3, 0.4) is 0 Å². The molecule has 0 radical (unpaired) electrons.